The van der Waals surface area contributed by atoms with Gasteiger partial charge in [0.05, 0.1) is 12.0 Å². The van der Waals surface area contributed by atoms with Crippen LogP contribution in [0.2, 0.25) is 0 Å². The van der Waals surface area contributed by atoms with Gasteiger partial charge in [-0.1, -0.05) is 13.0 Å². The van der Waals surface area contributed by atoms with E-state index in [1.807, 2.05) is 6.92 Å². The molecule has 0 aliphatic carbocycles. The fourth-order valence-corrected chi connectivity index (χ4v) is 2.66. The van der Waals surface area contributed by atoms with Gasteiger partial charge in [-0.2, -0.15) is 8.42 Å². The van der Waals surface area contributed by atoms with E-state index in [0.29, 0.717) is 0 Å². The summed E-state index contributed by atoms with van der Waals surface area (Å²) in [6.07, 6.45) is 3.54. The number of phenols is 1. The molecule has 0 saturated carbocycles. The van der Waals surface area contributed by atoms with Crippen molar-refractivity contribution in [2.75, 3.05) is 4.72 Å². The summed E-state index contributed by atoms with van der Waals surface area (Å²) in [6, 6.07) is 4.82. The van der Waals surface area contributed by atoms with Crippen molar-refractivity contribution in [3.63, 3.8) is 0 Å². The maximum Gasteiger partial charge on any atom is 0.281 e. The molecule has 2 N–H and O–H groups in total. The van der Waals surface area contributed by atoms with Crippen LogP contribution in [0.15, 0.2) is 35.7 Å². The Bertz CT molecular complexity index is 692. The van der Waals surface area contributed by atoms with Crippen molar-refractivity contribution in [1.29, 1.82) is 0 Å². The Morgan fingerprint density at radius 3 is 2.74 bits per heavy atom. The predicted molar refractivity (Wildman–Crippen MR) is 71.5 cm³/mol. The molecule has 102 valence electrons. The Morgan fingerprint density at radius 2 is 2.16 bits per heavy atom. The number of imidazole rings is 1. The van der Waals surface area contributed by atoms with Gasteiger partial charge in [0.15, 0.2) is 5.03 Å². The number of aromatic hydroxyl groups is 1. The second-order valence-corrected chi connectivity index (χ2v) is 5.82. The van der Waals surface area contributed by atoms with E-state index in [-0.39, 0.29) is 16.5 Å². The lowest BCUT2D eigenvalue weighted by molar-refractivity contribution is 0.477. The number of nitrogens with zero attached hydrogens (tertiary/aromatic N) is 2. The Kier molecular flexibility index (Phi) is 3.48. The predicted octanol–water partition coefficient (Wildman–Crippen LogP) is 1.49. The molecule has 1 heterocycles. The van der Waals surface area contributed by atoms with Crippen LogP contribution >= 0.6 is 0 Å². The second-order valence-electron chi connectivity index (χ2n) is 4.19. The van der Waals surface area contributed by atoms with Crippen LogP contribution in [0, 0.1) is 0 Å². The molecule has 0 amide bonds. The molecule has 0 aliphatic rings. The maximum absolute atomic E-state index is 12.1. The number of hydrogen-bond donors (Lipinski definition) is 2. The number of sulfonamides is 1. The standard InChI is InChI=1S/C12H15N3O3S/c1-3-9-4-5-11(16)10(6-9)14-19(17,18)12-7-15(2)8-13-12/h4-8,14,16H,3H2,1-2H3. The molecular formula is C12H15N3O3S. The van der Waals surface area contributed by atoms with Crippen molar-refractivity contribution in [2.45, 2.75) is 18.4 Å². The summed E-state index contributed by atoms with van der Waals surface area (Å²) in [7, 11) is -2.10. The first-order valence-electron chi connectivity index (χ1n) is 5.75. The van der Waals surface area contributed by atoms with Crippen molar-refractivity contribution >= 4 is 15.7 Å². The van der Waals surface area contributed by atoms with Gasteiger partial charge in [-0.15, -0.1) is 0 Å². The van der Waals surface area contributed by atoms with E-state index in [0.717, 1.165) is 12.0 Å². The fourth-order valence-electron chi connectivity index (χ4n) is 1.61. The van der Waals surface area contributed by atoms with Gasteiger partial charge >= 0.3 is 0 Å². The Hall–Kier alpha value is -2.02. The number of aryl methyl sites for hydroxylation is 2. The third-order valence-corrected chi connectivity index (χ3v) is 3.92. The van der Waals surface area contributed by atoms with Crippen LogP contribution in [0.1, 0.15) is 12.5 Å². The summed E-state index contributed by atoms with van der Waals surface area (Å²) in [5, 5.41) is 9.61. The van der Waals surface area contributed by atoms with E-state index in [2.05, 4.69) is 9.71 Å². The van der Waals surface area contributed by atoms with Crippen molar-refractivity contribution in [3.05, 3.63) is 36.3 Å². The van der Waals surface area contributed by atoms with Gasteiger partial charge < -0.3 is 9.67 Å². The van der Waals surface area contributed by atoms with Gasteiger partial charge in [-0.25, -0.2) is 4.98 Å². The quantitative estimate of drug-likeness (QED) is 0.832. The van der Waals surface area contributed by atoms with Crippen LogP contribution < -0.4 is 4.72 Å². The zero-order chi connectivity index (χ0) is 14.0. The molecule has 6 nitrogen and oxygen atoms in total. The summed E-state index contributed by atoms with van der Waals surface area (Å²) >= 11 is 0. The van der Waals surface area contributed by atoms with Gasteiger partial charge in [0.2, 0.25) is 0 Å². The smallest absolute Gasteiger partial charge is 0.281 e. The monoisotopic (exact) mass is 281 g/mol. The summed E-state index contributed by atoms with van der Waals surface area (Å²) < 4.78 is 28.0. The lowest BCUT2D eigenvalue weighted by atomic mass is 10.1. The first kappa shape index (κ1) is 13.4. The summed E-state index contributed by atoms with van der Waals surface area (Å²) in [5.41, 5.74) is 1.08. The number of rotatable bonds is 4. The number of hydrogen-bond acceptors (Lipinski definition) is 4. The minimum atomic E-state index is -3.78. The summed E-state index contributed by atoms with van der Waals surface area (Å²) in [4.78, 5) is 3.79. The molecule has 1 aromatic heterocycles. The Labute approximate surface area is 111 Å². The molecule has 19 heavy (non-hydrogen) atoms. The highest BCUT2D eigenvalue weighted by molar-refractivity contribution is 7.92. The molecule has 0 radical (unpaired) electrons. The van der Waals surface area contributed by atoms with E-state index < -0.39 is 10.0 Å². The average Bonchev–Trinajstić information content (AvgIpc) is 2.79. The van der Waals surface area contributed by atoms with Crippen molar-refractivity contribution in [3.8, 4) is 5.75 Å². The van der Waals surface area contributed by atoms with Crippen LogP contribution in [0.4, 0.5) is 5.69 Å². The van der Waals surface area contributed by atoms with Crippen molar-refractivity contribution in [2.24, 2.45) is 7.05 Å². The third kappa shape index (κ3) is 2.87. The van der Waals surface area contributed by atoms with Crippen LogP contribution in [0.5, 0.6) is 5.75 Å². The van der Waals surface area contributed by atoms with E-state index in [9.17, 15) is 13.5 Å². The average molecular weight is 281 g/mol. The van der Waals surface area contributed by atoms with Crippen LogP contribution in [0.3, 0.4) is 0 Å². The van der Waals surface area contributed by atoms with Gasteiger partial charge in [0, 0.05) is 13.2 Å². The van der Waals surface area contributed by atoms with Gasteiger partial charge in [-0.3, -0.25) is 4.72 Å². The lowest BCUT2D eigenvalue weighted by Crippen LogP contribution is -2.13. The number of anilines is 1. The van der Waals surface area contributed by atoms with Gasteiger partial charge in [0.25, 0.3) is 10.0 Å². The summed E-state index contributed by atoms with van der Waals surface area (Å²) in [5.74, 6) is -0.114. The minimum Gasteiger partial charge on any atom is -0.506 e. The molecule has 2 aromatic rings. The molecule has 0 spiro atoms. The fraction of sp³-hybridized carbons (Fsp3) is 0.250. The molecule has 7 heteroatoms. The first-order chi connectivity index (χ1) is 8.92. The lowest BCUT2D eigenvalue weighted by Gasteiger charge is -2.09. The highest BCUT2D eigenvalue weighted by atomic mass is 32.2. The van der Waals surface area contributed by atoms with E-state index >= 15 is 0 Å². The molecule has 0 fully saturated rings. The molecule has 0 atom stereocenters. The highest BCUT2D eigenvalue weighted by Gasteiger charge is 2.18. The molecule has 0 saturated heterocycles. The second kappa shape index (κ2) is 4.93. The highest BCUT2D eigenvalue weighted by Crippen LogP contribution is 2.26. The number of aromatic nitrogens is 2. The number of nitrogens with one attached hydrogen (secondary N) is 1. The molecule has 0 bridgehead atoms. The maximum atomic E-state index is 12.1. The molecule has 0 unspecified atom stereocenters. The van der Waals surface area contributed by atoms with Crippen LogP contribution in [-0.2, 0) is 23.5 Å². The first-order valence-corrected chi connectivity index (χ1v) is 7.23. The zero-order valence-corrected chi connectivity index (χ0v) is 11.5. The normalized spacial score (nSPS) is 11.5. The molecular weight excluding hydrogens is 266 g/mol. The summed E-state index contributed by atoms with van der Waals surface area (Å²) in [6.45, 7) is 1.95. The molecule has 2 rings (SSSR count). The van der Waals surface area contributed by atoms with Gasteiger partial charge in [0.1, 0.15) is 5.75 Å². The number of phenolic OH excluding ortho intramolecular Hbond substituents is 1. The minimum absolute atomic E-state index is 0.0868. The van der Waals surface area contributed by atoms with E-state index in [1.165, 1.54) is 23.2 Å². The van der Waals surface area contributed by atoms with E-state index in [4.69, 9.17) is 0 Å². The van der Waals surface area contributed by atoms with Crippen LogP contribution in [0.25, 0.3) is 0 Å². The van der Waals surface area contributed by atoms with Crippen molar-refractivity contribution < 1.29 is 13.5 Å². The van der Waals surface area contributed by atoms with Crippen molar-refractivity contribution in [1.82, 2.24) is 9.55 Å². The molecule has 1 aromatic carbocycles. The Balaban J connectivity index is 2.35. The zero-order valence-electron chi connectivity index (χ0n) is 10.7. The largest absolute Gasteiger partial charge is 0.506 e. The topological polar surface area (TPSA) is 84.2 Å². The Morgan fingerprint density at radius 1 is 1.42 bits per heavy atom. The number of benzene rings is 1. The SMILES string of the molecule is CCc1ccc(O)c(NS(=O)(=O)c2cn(C)cn2)c1. The van der Waals surface area contributed by atoms with Crippen LogP contribution in [-0.4, -0.2) is 23.1 Å². The van der Waals surface area contributed by atoms with E-state index in [1.54, 1.807) is 19.2 Å². The molecule has 0 aliphatic heterocycles. The van der Waals surface area contributed by atoms with Gasteiger partial charge in [-0.05, 0) is 24.1 Å². The third-order valence-electron chi connectivity index (χ3n) is 2.67.